The molecule has 4 aromatic rings. The number of rotatable bonds is 11. The summed E-state index contributed by atoms with van der Waals surface area (Å²) < 4.78 is 16.7. The fraction of sp³-hybridized carbons (Fsp3) is 0.241. The van der Waals surface area contributed by atoms with Gasteiger partial charge in [0.1, 0.15) is 18.1 Å². The van der Waals surface area contributed by atoms with Gasteiger partial charge < -0.3 is 24.5 Å². The van der Waals surface area contributed by atoms with Crippen molar-refractivity contribution in [2.24, 2.45) is 0 Å². The molecule has 0 aliphatic heterocycles. The van der Waals surface area contributed by atoms with Gasteiger partial charge in [-0.05, 0) is 48.4 Å². The van der Waals surface area contributed by atoms with E-state index < -0.39 is 5.56 Å². The third kappa shape index (κ3) is 6.76. The van der Waals surface area contributed by atoms with E-state index in [1.807, 2.05) is 61.5 Å². The number of aromatic nitrogens is 3. The van der Waals surface area contributed by atoms with Gasteiger partial charge in [-0.1, -0.05) is 42.5 Å². The smallest absolute Gasteiger partial charge is 0.273 e. The maximum absolute atomic E-state index is 12.6. The van der Waals surface area contributed by atoms with Crippen molar-refractivity contribution in [3.05, 3.63) is 100.0 Å². The maximum Gasteiger partial charge on any atom is 0.273 e. The Morgan fingerprint density at radius 3 is 2.50 bits per heavy atom. The van der Waals surface area contributed by atoms with Crippen LogP contribution in [0.15, 0.2) is 77.6 Å². The Hall–Kier alpha value is -4.66. The number of methoxy groups -OCH3 is 2. The lowest BCUT2D eigenvalue weighted by Gasteiger charge is -2.14. The molecule has 0 fully saturated rings. The summed E-state index contributed by atoms with van der Waals surface area (Å²) in [5, 5.41) is 11.2. The molecule has 1 heterocycles. The van der Waals surface area contributed by atoms with Crippen LogP contribution < -0.4 is 25.1 Å². The number of nitrogens with zero attached hydrogens (tertiary/aromatic N) is 2. The average Bonchev–Trinajstić information content (AvgIpc) is 2.95. The Labute approximate surface area is 220 Å². The van der Waals surface area contributed by atoms with E-state index >= 15 is 0 Å². The molecule has 1 amide bonds. The van der Waals surface area contributed by atoms with Crippen LogP contribution in [0.2, 0.25) is 0 Å². The third-order valence-corrected chi connectivity index (χ3v) is 6.00. The molecule has 196 valence electrons. The molecule has 9 nitrogen and oxygen atoms in total. The monoisotopic (exact) mass is 514 g/mol. The van der Waals surface area contributed by atoms with Crippen LogP contribution in [0.25, 0.3) is 11.4 Å². The van der Waals surface area contributed by atoms with Crippen molar-refractivity contribution in [3.8, 4) is 28.6 Å². The van der Waals surface area contributed by atoms with Gasteiger partial charge in [0.2, 0.25) is 5.91 Å². The number of benzene rings is 3. The van der Waals surface area contributed by atoms with Gasteiger partial charge in [-0.15, -0.1) is 10.2 Å². The summed E-state index contributed by atoms with van der Waals surface area (Å²) in [4.78, 5) is 27.8. The molecule has 38 heavy (non-hydrogen) atoms. The molecule has 0 aliphatic carbocycles. The Kier molecular flexibility index (Phi) is 8.71. The number of nitrogens with one attached hydrogen (secondary N) is 2. The average molecular weight is 515 g/mol. The molecule has 4 rings (SSSR count). The minimum absolute atomic E-state index is 0.126. The molecule has 2 N–H and O–H groups in total. The summed E-state index contributed by atoms with van der Waals surface area (Å²) in [6, 6.07) is 22.4. The largest absolute Gasteiger partial charge is 0.497 e. The Bertz CT molecular complexity index is 1440. The number of carbonyl (C=O) groups is 1. The topological polar surface area (TPSA) is 115 Å². The molecule has 0 saturated carbocycles. The van der Waals surface area contributed by atoms with Crippen molar-refractivity contribution >= 4 is 5.91 Å². The van der Waals surface area contributed by atoms with Crippen molar-refractivity contribution in [1.29, 1.82) is 0 Å². The molecule has 9 heteroatoms. The highest BCUT2D eigenvalue weighted by Gasteiger charge is 2.14. The maximum atomic E-state index is 12.6. The molecule has 0 radical (unpaired) electrons. The van der Waals surface area contributed by atoms with Gasteiger partial charge in [0.05, 0.1) is 20.3 Å². The van der Waals surface area contributed by atoms with Crippen LogP contribution >= 0.6 is 0 Å². The van der Waals surface area contributed by atoms with Crippen LogP contribution in [0.5, 0.6) is 17.2 Å². The molecule has 0 spiro atoms. The second-order valence-electron chi connectivity index (χ2n) is 8.66. The summed E-state index contributed by atoms with van der Waals surface area (Å²) in [7, 11) is 3.16. The summed E-state index contributed by atoms with van der Waals surface area (Å²) >= 11 is 0. The van der Waals surface area contributed by atoms with Gasteiger partial charge in [-0.3, -0.25) is 9.59 Å². The van der Waals surface area contributed by atoms with Gasteiger partial charge in [0.25, 0.3) is 5.56 Å². The number of carbonyl (C=O) groups excluding carboxylic acids is 1. The minimum Gasteiger partial charge on any atom is -0.497 e. The van der Waals surface area contributed by atoms with Gasteiger partial charge in [-0.25, -0.2) is 0 Å². The lowest BCUT2D eigenvalue weighted by molar-refractivity contribution is -0.121. The standard InChI is InChI=1S/C29H30N4O5/c1-19(21-9-5-4-6-10-21)30-27(34)15-13-24-29(35)31-28(33-32-24)22-12-14-25(26(17-22)37-3)38-18-20-8-7-11-23(16-20)36-2/h4-12,14,16-17,19H,13,15,18H2,1-3H3,(H,30,34)(H,31,33,35). The highest BCUT2D eigenvalue weighted by atomic mass is 16.5. The number of aromatic amines is 1. The molecule has 0 saturated heterocycles. The predicted molar refractivity (Wildman–Crippen MR) is 143 cm³/mol. The number of hydrogen-bond acceptors (Lipinski definition) is 7. The highest BCUT2D eigenvalue weighted by Crippen LogP contribution is 2.32. The SMILES string of the molecule is COc1cccc(COc2ccc(-c3nnc(CCC(=O)NC(C)c4ccccc4)c(=O)[nH]3)cc2OC)c1. The Balaban J connectivity index is 1.38. The summed E-state index contributed by atoms with van der Waals surface area (Å²) in [5.74, 6) is 1.91. The zero-order valence-corrected chi connectivity index (χ0v) is 21.6. The molecule has 0 aliphatic rings. The van der Waals surface area contributed by atoms with Crippen molar-refractivity contribution in [2.75, 3.05) is 14.2 Å². The fourth-order valence-corrected chi connectivity index (χ4v) is 3.88. The third-order valence-electron chi connectivity index (χ3n) is 6.00. The summed E-state index contributed by atoms with van der Waals surface area (Å²) in [6.45, 7) is 2.24. The summed E-state index contributed by atoms with van der Waals surface area (Å²) in [5.41, 5.74) is 2.37. The first kappa shape index (κ1) is 26.4. The van der Waals surface area contributed by atoms with E-state index in [4.69, 9.17) is 14.2 Å². The number of H-pyrrole nitrogens is 1. The molecule has 3 aromatic carbocycles. The molecule has 1 aromatic heterocycles. The quantitative estimate of drug-likeness (QED) is 0.308. The van der Waals surface area contributed by atoms with Crippen LogP contribution in [0, 0.1) is 0 Å². The van der Waals surface area contributed by atoms with E-state index in [-0.39, 0.29) is 30.5 Å². The lowest BCUT2D eigenvalue weighted by atomic mass is 10.1. The number of hydrogen-bond donors (Lipinski definition) is 2. The van der Waals surface area contributed by atoms with Gasteiger partial charge in [0.15, 0.2) is 17.3 Å². The van der Waals surface area contributed by atoms with Crippen LogP contribution in [-0.2, 0) is 17.8 Å². The van der Waals surface area contributed by atoms with E-state index in [2.05, 4.69) is 20.5 Å². The second kappa shape index (κ2) is 12.5. The fourth-order valence-electron chi connectivity index (χ4n) is 3.88. The molecular weight excluding hydrogens is 484 g/mol. The van der Waals surface area contributed by atoms with Crippen LogP contribution in [0.3, 0.4) is 0 Å². The van der Waals surface area contributed by atoms with E-state index in [9.17, 15) is 9.59 Å². The first-order valence-electron chi connectivity index (χ1n) is 12.2. The van der Waals surface area contributed by atoms with Gasteiger partial charge in [0, 0.05) is 18.4 Å². The normalized spacial score (nSPS) is 11.4. The number of aryl methyl sites for hydroxylation is 1. The number of ether oxygens (including phenoxy) is 3. The minimum atomic E-state index is -0.392. The highest BCUT2D eigenvalue weighted by molar-refractivity contribution is 5.76. The van der Waals surface area contributed by atoms with E-state index in [1.54, 1.807) is 32.4 Å². The van der Waals surface area contributed by atoms with Gasteiger partial charge >= 0.3 is 0 Å². The van der Waals surface area contributed by atoms with E-state index in [0.29, 0.717) is 29.5 Å². The number of amides is 1. The Morgan fingerprint density at radius 1 is 0.947 bits per heavy atom. The molecular formula is C29H30N4O5. The Morgan fingerprint density at radius 2 is 1.76 bits per heavy atom. The first-order valence-corrected chi connectivity index (χ1v) is 12.2. The zero-order valence-electron chi connectivity index (χ0n) is 21.6. The molecule has 0 bridgehead atoms. The molecule has 1 atom stereocenters. The first-order chi connectivity index (χ1) is 18.5. The van der Waals surface area contributed by atoms with Crippen molar-refractivity contribution in [1.82, 2.24) is 20.5 Å². The predicted octanol–water partition coefficient (Wildman–Crippen LogP) is 4.24. The van der Waals surface area contributed by atoms with Crippen molar-refractivity contribution < 1.29 is 19.0 Å². The van der Waals surface area contributed by atoms with Crippen LogP contribution in [0.1, 0.15) is 36.2 Å². The summed E-state index contributed by atoms with van der Waals surface area (Å²) in [6.07, 6.45) is 0.303. The van der Waals surface area contributed by atoms with E-state index in [1.165, 1.54) is 0 Å². The van der Waals surface area contributed by atoms with Gasteiger partial charge in [-0.2, -0.15) is 0 Å². The second-order valence-corrected chi connectivity index (χ2v) is 8.66. The van der Waals surface area contributed by atoms with Crippen LogP contribution in [0.4, 0.5) is 0 Å². The van der Waals surface area contributed by atoms with Crippen molar-refractivity contribution in [2.45, 2.75) is 32.4 Å². The molecule has 1 unspecified atom stereocenters. The lowest BCUT2D eigenvalue weighted by Crippen LogP contribution is -2.28. The van der Waals surface area contributed by atoms with Crippen LogP contribution in [-0.4, -0.2) is 35.3 Å². The van der Waals surface area contributed by atoms with Crippen molar-refractivity contribution in [3.63, 3.8) is 0 Å². The van der Waals surface area contributed by atoms with E-state index in [0.717, 1.165) is 16.9 Å². The zero-order chi connectivity index (χ0) is 26.9.